The molecule has 2 aromatic carbocycles. The summed E-state index contributed by atoms with van der Waals surface area (Å²) in [4.78, 5) is 28.1. The van der Waals surface area contributed by atoms with Crippen molar-refractivity contribution >= 4 is 44.7 Å². The summed E-state index contributed by atoms with van der Waals surface area (Å²) in [7, 11) is 0. The summed E-state index contributed by atoms with van der Waals surface area (Å²) in [5.41, 5.74) is 3.36. The molecule has 0 N–H and O–H groups in total. The highest BCUT2D eigenvalue weighted by molar-refractivity contribution is 7.22. The number of rotatable bonds is 5. The smallest absolute Gasteiger partial charge is 0.400 e. The van der Waals surface area contributed by atoms with Gasteiger partial charge in [0.15, 0.2) is 5.76 Å². The molecular formula is C23H17FN4O4S. The van der Waals surface area contributed by atoms with Gasteiger partial charge in [-0.3, -0.25) is 14.9 Å². The molecule has 4 aromatic rings. The first-order valence-electron chi connectivity index (χ1n) is 10.3. The molecule has 0 radical (unpaired) electrons. The highest BCUT2D eigenvalue weighted by atomic mass is 32.1. The third-order valence-electron chi connectivity index (χ3n) is 5.40. The topological polar surface area (TPSA) is 102 Å². The second-order valence-corrected chi connectivity index (χ2v) is 8.60. The first kappa shape index (κ1) is 21.0. The van der Waals surface area contributed by atoms with E-state index in [1.54, 1.807) is 6.07 Å². The van der Waals surface area contributed by atoms with Gasteiger partial charge in [0.2, 0.25) is 5.13 Å². The number of nitrogens with zero attached hydrogens (tertiary/aromatic N) is 4. The number of anilines is 1. The number of fused-ring (bicyclic) bond motifs is 2. The maximum atomic E-state index is 13.7. The number of benzene rings is 2. The molecule has 0 saturated heterocycles. The number of carbonyl (C=O) groups is 1. The number of aromatic nitrogens is 1. The van der Waals surface area contributed by atoms with Gasteiger partial charge in [-0.05, 0) is 73.2 Å². The van der Waals surface area contributed by atoms with Crippen LogP contribution in [0.25, 0.3) is 10.2 Å². The van der Waals surface area contributed by atoms with E-state index >= 15 is 0 Å². The molecule has 5 rings (SSSR count). The molecule has 1 aliphatic rings. The molecule has 166 valence electrons. The average molecular weight is 464 g/mol. The zero-order chi connectivity index (χ0) is 22.9. The fourth-order valence-corrected chi connectivity index (χ4v) is 4.73. The number of aryl methyl sites for hydroxylation is 2. The van der Waals surface area contributed by atoms with Crippen LogP contribution < -0.4 is 5.01 Å². The third-order valence-corrected chi connectivity index (χ3v) is 6.39. The lowest BCUT2D eigenvalue weighted by molar-refractivity contribution is -0.402. The number of hydrazone groups is 1. The number of hydrogen-bond donors (Lipinski definition) is 0. The van der Waals surface area contributed by atoms with Crippen molar-refractivity contribution in [2.24, 2.45) is 5.10 Å². The zero-order valence-electron chi connectivity index (χ0n) is 17.2. The van der Waals surface area contributed by atoms with Gasteiger partial charge in [-0.15, -0.1) is 0 Å². The van der Waals surface area contributed by atoms with E-state index in [1.807, 2.05) is 12.1 Å². The lowest BCUT2D eigenvalue weighted by Gasteiger charge is -2.18. The van der Waals surface area contributed by atoms with Gasteiger partial charge in [0.25, 0.3) is 5.91 Å². The highest BCUT2D eigenvalue weighted by Crippen LogP contribution is 2.31. The first-order chi connectivity index (χ1) is 16.0. The Morgan fingerprint density at radius 1 is 1.15 bits per heavy atom. The summed E-state index contributed by atoms with van der Waals surface area (Å²) in [5.74, 6) is -1.14. The summed E-state index contributed by atoms with van der Waals surface area (Å²) in [6.45, 7) is 0. The van der Waals surface area contributed by atoms with Gasteiger partial charge in [-0.2, -0.15) is 10.1 Å². The number of furan rings is 1. The Morgan fingerprint density at radius 3 is 2.76 bits per heavy atom. The van der Waals surface area contributed by atoms with Crippen molar-refractivity contribution < 1.29 is 18.5 Å². The summed E-state index contributed by atoms with van der Waals surface area (Å²) < 4.78 is 19.3. The first-order valence-corrected chi connectivity index (χ1v) is 11.1. The molecule has 2 heterocycles. The van der Waals surface area contributed by atoms with Crippen LogP contribution in [0, 0.1) is 15.9 Å². The fourth-order valence-electron chi connectivity index (χ4n) is 3.78. The molecule has 2 aromatic heterocycles. The van der Waals surface area contributed by atoms with Crippen molar-refractivity contribution in [3.63, 3.8) is 0 Å². The van der Waals surface area contributed by atoms with E-state index in [2.05, 4.69) is 10.1 Å². The van der Waals surface area contributed by atoms with Gasteiger partial charge in [0, 0.05) is 5.56 Å². The molecule has 0 saturated carbocycles. The Morgan fingerprint density at radius 2 is 1.97 bits per heavy atom. The van der Waals surface area contributed by atoms with E-state index in [-0.39, 0.29) is 10.9 Å². The van der Waals surface area contributed by atoms with Crippen LogP contribution >= 0.6 is 11.3 Å². The average Bonchev–Trinajstić information content (AvgIpc) is 3.46. The monoisotopic (exact) mass is 464 g/mol. The van der Waals surface area contributed by atoms with Crippen LogP contribution in [0.3, 0.4) is 0 Å². The van der Waals surface area contributed by atoms with Crippen molar-refractivity contribution in [1.29, 1.82) is 0 Å². The van der Waals surface area contributed by atoms with E-state index in [0.29, 0.717) is 15.8 Å². The number of halogens is 1. The summed E-state index contributed by atoms with van der Waals surface area (Å²) in [5, 5.41) is 16.5. The second kappa shape index (κ2) is 8.55. The van der Waals surface area contributed by atoms with Crippen LogP contribution in [0.1, 0.15) is 40.1 Å². The van der Waals surface area contributed by atoms with E-state index in [0.717, 1.165) is 47.6 Å². The Hall–Kier alpha value is -3.92. The van der Waals surface area contributed by atoms with E-state index in [9.17, 15) is 19.3 Å². The molecule has 8 nitrogen and oxygen atoms in total. The Bertz CT molecular complexity index is 1410. The van der Waals surface area contributed by atoms with Crippen LogP contribution in [-0.4, -0.2) is 22.0 Å². The SMILES string of the molecule is O=C(c1ccc2c(c1)CCCC2)N(/N=C/c1ccc([N+](=O)[O-])o1)c1nc2ccc(F)cc2s1. The molecule has 1 aliphatic carbocycles. The predicted octanol–water partition coefficient (Wildman–Crippen LogP) is 5.50. The number of nitro groups is 1. The van der Waals surface area contributed by atoms with Gasteiger partial charge in [0.05, 0.1) is 22.5 Å². The van der Waals surface area contributed by atoms with E-state index in [4.69, 9.17) is 4.42 Å². The normalized spacial score (nSPS) is 13.4. The fraction of sp³-hybridized carbons (Fsp3) is 0.174. The minimum Gasteiger partial charge on any atom is -0.400 e. The largest absolute Gasteiger partial charge is 0.433 e. The number of carbonyl (C=O) groups excluding carboxylic acids is 1. The van der Waals surface area contributed by atoms with Crippen LogP contribution in [0.5, 0.6) is 0 Å². The summed E-state index contributed by atoms with van der Waals surface area (Å²) in [6.07, 6.45) is 5.33. The van der Waals surface area contributed by atoms with Crippen LogP contribution in [0.15, 0.2) is 58.0 Å². The molecule has 33 heavy (non-hydrogen) atoms. The summed E-state index contributed by atoms with van der Waals surface area (Å²) in [6, 6.07) is 12.4. The number of amides is 1. The lowest BCUT2D eigenvalue weighted by atomic mass is 9.90. The van der Waals surface area contributed by atoms with Crippen LogP contribution in [0.2, 0.25) is 0 Å². The minimum absolute atomic E-state index is 0.108. The molecule has 1 amide bonds. The van der Waals surface area contributed by atoms with Crippen LogP contribution in [-0.2, 0) is 12.8 Å². The molecule has 0 spiro atoms. The maximum Gasteiger partial charge on any atom is 0.433 e. The molecule has 0 aliphatic heterocycles. The van der Waals surface area contributed by atoms with Crippen molar-refractivity contribution in [3.8, 4) is 0 Å². The molecule has 10 heteroatoms. The Kier molecular flexibility index (Phi) is 5.43. The van der Waals surface area contributed by atoms with Gasteiger partial charge < -0.3 is 4.42 Å². The van der Waals surface area contributed by atoms with E-state index in [1.165, 1.54) is 42.1 Å². The predicted molar refractivity (Wildman–Crippen MR) is 122 cm³/mol. The maximum absolute atomic E-state index is 13.7. The quantitative estimate of drug-likeness (QED) is 0.221. The van der Waals surface area contributed by atoms with E-state index < -0.39 is 22.5 Å². The molecular weight excluding hydrogens is 447 g/mol. The molecule has 0 unspecified atom stereocenters. The molecule has 0 bridgehead atoms. The number of thiazole rings is 1. The molecule has 0 fully saturated rings. The van der Waals surface area contributed by atoms with Gasteiger partial charge in [0.1, 0.15) is 10.7 Å². The summed E-state index contributed by atoms with van der Waals surface area (Å²) >= 11 is 1.12. The third kappa shape index (κ3) is 4.24. The second-order valence-electron chi connectivity index (χ2n) is 7.59. The van der Waals surface area contributed by atoms with Crippen LogP contribution in [0.4, 0.5) is 15.4 Å². The van der Waals surface area contributed by atoms with Crippen molar-refractivity contribution in [1.82, 2.24) is 4.98 Å². The molecule has 0 atom stereocenters. The van der Waals surface area contributed by atoms with Crippen molar-refractivity contribution in [2.75, 3.05) is 5.01 Å². The standard InChI is InChI=1S/C23H17FN4O4S/c24-17-7-9-19-20(12-17)33-23(26-19)27(25-13-18-8-10-21(32-18)28(30)31)22(29)16-6-5-14-3-1-2-4-15(14)11-16/h5-13H,1-4H2/b25-13+. The highest BCUT2D eigenvalue weighted by Gasteiger charge is 2.23. The van der Waals surface area contributed by atoms with Crippen molar-refractivity contribution in [2.45, 2.75) is 25.7 Å². The number of hydrogen-bond acceptors (Lipinski definition) is 7. The van der Waals surface area contributed by atoms with Gasteiger partial charge in [-0.1, -0.05) is 17.4 Å². The van der Waals surface area contributed by atoms with Gasteiger partial charge >= 0.3 is 5.88 Å². The van der Waals surface area contributed by atoms with Crippen molar-refractivity contribution in [3.05, 3.63) is 86.9 Å². The Balaban J connectivity index is 1.54. The Labute approximate surface area is 191 Å². The lowest BCUT2D eigenvalue weighted by Crippen LogP contribution is -2.26. The minimum atomic E-state index is -0.657. The zero-order valence-corrected chi connectivity index (χ0v) is 18.0. The van der Waals surface area contributed by atoms with Gasteiger partial charge in [-0.25, -0.2) is 9.37 Å².